The molecule has 0 spiro atoms. The van der Waals surface area contributed by atoms with Gasteiger partial charge in [-0.3, -0.25) is 0 Å². The topological polar surface area (TPSA) is 33.7 Å². The molecule has 2 aromatic carbocycles. The second-order valence-electron chi connectivity index (χ2n) is 8.05. The molecule has 0 fully saturated rings. The normalized spacial score (nSPS) is 11.2. The Labute approximate surface area is 198 Å². The van der Waals surface area contributed by atoms with Crippen LogP contribution >= 0.6 is 11.6 Å². The predicted octanol–water partition coefficient (Wildman–Crippen LogP) is 6.45. The molecule has 0 amide bonds. The van der Waals surface area contributed by atoms with Crippen LogP contribution < -0.4 is 14.8 Å². The molecular formula is C26H38ClFN2O2. The third kappa shape index (κ3) is 8.97. The monoisotopic (exact) mass is 464 g/mol. The molecule has 0 bridgehead atoms. The molecule has 0 aliphatic heterocycles. The van der Waals surface area contributed by atoms with Crippen molar-refractivity contribution in [1.29, 1.82) is 0 Å². The lowest BCUT2D eigenvalue weighted by Gasteiger charge is -2.22. The summed E-state index contributed by atoms with van der Waals surface area (Å²) in [7, 11) is 1.61. The highest BCUT2D eigenvalue weighted by Gasteiger charge is 2.11. The number of nitrogens with zero attached hydrogens (tertiary/aromatic N) is 1. The summed E-state index contributed by atoms with van der Waals surface area (Å²) >= 11 is 6.08. The van der Waals surface area contributed by atoms with Crippen molar-refractivity contribution in [2.45, 2.75) is 59.1 Å². The van der Waals surface area contributed by atoms with Crippen LogP contribution in [0.4, 0.5) is 4.39 Å². The number of ether oxygens (including phenoxy) is 2. The van der Waals surface area contributed by atoms with Crippen LogP contribution in [0.2, 0.25) is 5.02 Å². The first-order valence-electron chi connectivity index (χ1n) is 11.7. The number of unbranched alkanes of at least 4 members (excludes halogenated alkanes) is 2. The SMILES string of the molecule is CCCCN(CCCC)CCCNCc1ccc(OCc2c(F)cccc2Cl)c(OC)c1. The molecule has 0 saturated heterocycles. The maximum Gasteiger partial charge on any atom is 0.161 e. The first-order valence-corrected chi connectivity index (χ1v) is 12.1. The van der Waals surface area contributed by atoms with E-state index in [-0.39, 0.29) is 12.4 Å². The number of hydrogen-bond donors (Lipinski definition) is 1. The van der Waals surface area contributed by atoms with Crippen LogP contribution in [-0.4, -0.2) is 38.2 Å². The van der Waals surface area contributed by atoms with Crippen LogP contribution in [0.25, 0.3) is 0 Å². The van der Waals surface area contributed by atoms with E-state index >= 15 is 0 Å². The second-order valence-corrected chi connectivity index (χ2v) is 8.46. The molecule has 2 rings (SSSR count). The minimum Gasteiger partial charge on any atom is -0.493 e. The summed E-state index contributed by atoms with van der Waals surface area (Å²) in [6, 6.07) is 10.4. The van der Waals surface area contributed by atoms with Gasteiger partial charge in [-0.25, -0.2) is 4.39 Å². The highest BCUT2D eigenvalue weighted by atomic mass is 35.5. The Hall–Kier alpha value is -1.82. The largest absolute Gasteiger partial charge is 0.493 e. The molecule has 0 atom stereocenters. The zero-order chi connectivity index (χ0) is 23.2. The molecule has 0 unspecified atom stereocenters. The average molecular weight is 465 g/mol. The smallest absolute Gasteiger partial charge is 0.161 e. The standard InChI is InChI=1S/C26H38ClFN2O2/c1-4-6-15-30(16-7-5-2)17-9-14-29-19-21-12-13-25(26(18-21)31-3)32-20-22-23(27)10-8-11-24(22)28/h8,10-13,18,29H,4-7,9,14-17,19-20H2,1-3H3. The Morgan fingerprint density at radius 3 is 2.34 bits per heavy atom. The fourth-order valence-electron chi connectivity index (χ4n) is 3.52. The molecule has 0 aliphatic rings. The summed E-state index contributed by atoms with van der Waals surface area (Å²) < 4.78 is 25.2. The third-order valence-electron chi connectivity index (χ3n) is 5.47. The van der Waals surface area contributed by atoms with E-state index in [0.29, 0.717) is 22.1 Å². The highest BCUT2D eigenvalue weighted by molar-refractivity contribution is 6.31. The lowest BCUT2D eigenvalue weighted by Crippen LogP contribution is -2.29. The molecule has 32 heavy (non-hydrogen) atoms. The van der Waals surface area contributed by atoms with E-state index in [1.54, 1.807) is 19.2 Å². The van der Waals surface area contributed by atoms with Crippen molar-refractivity contribution in [3.63, 3.8) is 0 Å². The lowest BCUT2D eigenvalue weighted by atomic mass is 10.2. The number of benzene rings is 2. The van der Waals surface area contributed by atoms with Crippen molar-refractivity contribution in [1.82, 2.24) is 10.2 Å². The summed E-state index contributed by atoms with van der Waals surface area (Å²) in [5.41, 5.74) is 1.46. The zero-order valence-electron chi connectivity index (χ0n) is 19.8. The lowest BCUT2D eigenvalue weighted by molar-refractivity contribution is 0.261. The molecule has 0 heterocycles. The van der Waals surface area contributed by atoms with Gasteiger partial charge in [-0.05, 0) is 75.3 Å². The quantitative estimate of drug-likeness (QED) is 0.289. The first-order chi connectivity index (χ1) is 15.6. The summed E-state index contributed by atoms with van der Waals surface area (Å²) in [5.74, 6) is 0.820. The molecule has 0 radical (unpaired) electrons. The molecular weight excluding hydrogens is 427 g/mol. The van der Waals surface area contributed by atoms with E-state index in [1.807, 2.05) is 18.2 Å². The zero-order valence-corrected chi connectivity index (χ0v) is 20.5. The first kappa shape index (κ1) is 26.4. The molecule has 0 saturated carbocycles. The molecule has 6 heteroatoms. The van der Waals surface area contributed by atoms with E-state index in [9.17, 15) is 4.39 Å². The predicted molar refractivity (Wildman–Crippen MR) is 131 cm³/mol. The van der Waals surface area contributed by atoms with E-state index < -0.39 is 0 Å². The Kier molecular flexibility index (Phi) is 12.5. The van der Waals surface area contributed by atoms with Gasteiger partial charge in [0.2, 0.25) is 0 Å². The van der Waals surface area contributed by atoms with Crippen LogP contribution in [0.3, 0.4) is 0 Å². The van der Waals surface area contributed by atoms with Gasteiger partial charge in [0.1, 0.15) is 12.4 Å². The van der Waals surface area contributed by atoms with Crippen molar-refractivity contribution in [2.24, 2.45) is 0 Å². The number of halogens is 2. The number of methoxy groups -OCH3 is 1. The van der Waals surface area contributed by atoms with Gasteiger partial charge in [0.15, 0.2) is 11.5 Å². The number of hydrogen-bond acceptors (Lipinski definition) is 4. The van der Waals surface area contributed by atoms with Crippen molar-refractivity contribution in [3.05, 3.63) is 58.4 Å². The van der Waals surface area contributed by atoms with Gasteiger partial charge in [0.25, 0.3) is 0 Å². The van der Waals surface area contributed by atoms with Gasteiger partial charge in [0, 0.05) is 12.1 Å². The van der Waals surface area contributed by atoms with E-state index in [0.717, 1.165) is 31.6 Å². The Balaban J connectivity index is 1.80. The van der Waals surface area contributed by atoms with E-state index in [2.05, 4.69) is 24.1 Å². The summed E-state index contributed by atoms with van der Waals surface area (Å²) in [6.45, 7) is 9.83. The van der Waals surface area contributed by atoms with Crippen molar-refractivity contribution in [3.8, 4) is 11.5 Å². The Morgan fingerprint density at radius 2 is 1.69 bits per heavy atom. The van der Waals surface area contributed by atoms with Crippen LogP contribution in [0.5, 0.6) is 11.5 Å². The van der Waals surface area contributed by atoms with Crippen molar-refractivity contribution < 1.29 is 13.9 Å². The summed E-state index contributed by atoms with van der Waals surface area (Å²) in [5, 5.41) is 3.88. The molecule has 1 N–H and O–H groups in total. The fraction of sp³-hybridized carbons (Fsp3) is 0.538. The molecule has 0 aromatic heterocycles. The maximum absolute atomic E-state index is 14.0. The van der Waals surface area contributed by atoms with E-state index in [4.69, 9.17) is 21.1 Å². The van der Waals surface area contributed by atoms with Gasteiger partial charge in [-0.2, -0.15) is 0 Å². The Bertz CT molecular complexity index is 775. The Morgan fingerprint density at radius 1 is 0.969 bits per heavy atom. The van der Waals surface area contributed by atoms with Crippen LogP contribution in [0, 0.1) is 5.82 Å². The highest BCUT2D eigenvalue weighted by Crippen LogP contribution is 2.30. The summed E-state index contributed by atoms with van der Waals surface area (Å²) in [4.78, 5) is 2.59. The minimum absolute atomic E-state index is 0.0476. The minimum atomic E-state index is -0.375. The van der Waals surface area contributed by atoms with Gasteiger partial charge >= 0.3 is 0 Å². The van der Waals surface area contributed by atoms with Crippen molar-refractivity contribution >= 4 is 11.6 Å². The summed E-state index contributed by atoms with van der Waals surface area (Å²) in [6.07, 6.45) is 6.17. The van der Waals surface area contributed by atoms with Gasteiger partial charge in [-0.1, -0.05) is 50.4 Å². The average Bonchev–Trinajstić information content (AvgIpc) is 2.80. The van der Waals surface area contributed by atoms with Gasteiger partial charge in [0.05, 0.1) is 12.1 Å². The number of rotatable bonds is 16. The van der Waals surface area contributed by atoms with E-state index in [1.165, 1.54) is 44.8 Å². The van der Waals surface area contributed by atoms with Crippen LogP contribution in [-0.2, 0) is 13.2 Å². The third-order valence-corrected chi connectivity index (χ3v) is 5.83. The molecule has 2 aromatic rings. The maximum atomic E-state index is 14.0. The van der Waals surface area contributed by atoms with Gasteiger partial charge in [-0.15, -0.1) is 0 Å². The number of nitrogens with one attached hydrogen (secondary N) is 1. The van der Waals surface area contributed by atoms with Crippen molar-refractivity contribution in [2.75, 3.05) is 33.3 Å². The molecule has 178 valence electrons. The fourth-order valence-corrected chi connectivity index (χ4v) is 3.74. The molecule has 0 aliphatic carbocycles. The second kappa shape index (κ2) is 15.1. The van der Waals surface area contributed by atoms with Gasteiger partial charge < -0.3 is 19.7 Å². The van der Waals surface area contributed by atoms with Crippen LogP contribution in [0.15, 0.2) is 36.4 Å². The molecule has 4 nitrogen and oxygen atoms in total. The van der Waals surface area contributed by atoms with Crippen LogP contribution in [0.1, 0.15) is 57.1 Å².